The van der Waals surface area contributed by atoms with E-state index in [0.29, 0.717) is 11.8 Å². The highest BCUT2D eigenvalue weighted by Crippen LogP contribution is 2.18. The van der Waals surface area contributed by atoms with E-state index in [0.717, 1.165) is 16.8 Å². The van der Waals surface area contributed by atoms with E-state index in [4.69, 9.17) is 16.3 Å². The number of aryl methyl sites for hydroxylation is 1. The molecule has 0 saturated carbocycles. The molecule has 1 heterocycles. The van der Waals surface area contributed by atoms with Gasteiger partial charge in [-0.25, -0.2) is 4.98 Å². The van der Waals surface area contributed by atoms with Crippen LogP contribution in [-0.2, 0) is 0 Å². The lowest BCUT2D eigenvalue weighted by molar-refractivity contribution is 0.196. The number of rotatable bonds is 5. The molecule has 0 aliphatic rings. The molecular weight excluding hydrogens is 254 g/mol. The Bertz CT molecular complexity index is 635. The largest absolute Gasteiger partial charge is 0.475 e. The first-order valence-corrected chi connectivity index (χ1v) is 6.13. The molecule has 0 aliphatic heterocycles. The maximum atomic E-state index is 8.72. The van der Waals surface area contributed by atoms with Crippen LogP contribution in [0.4, 0.5) is 11.6 Å². The van der Waals surface area contributed by atoms with Crippen molar-refractivity contribution in [1.82, 2.24) is 9.97 Å². The van der Waals surface area contributed by atoms with Crippen LogP contribution in [-0.4, -0.2) is 28.3 Å². The first-order chi connectivity index (χ1) is 9.71. The van der Waals surface area contributed by atoms with Crippen molar-refractivity contribution in [3.8, 4) is 18.2 Å². The van der Waals surface area contributed by atoms with Crippen molar-refractivity contribution in [2.24, 2.45) is 0 Å². The van der Waals surface area contributed by atoms with Gasteiger partial charge in [-0.15, -0.1) is 6.42 Å². The van der Waals surface area contributed by atoms with Gasteiger partial charge in [-0.1, -0.05) is 5.92 Å². The van der Waals surface area contributed by atoms with Crippen LogP contribution >= 0.6 is 0 Å². The highest BCUT2D eigenvalue weighted by molar-refractivity contribution is 5.58. The van der Waals surface area contributed by atoms with Crippen LogP contribution in [0.15, 0.2) is 30.5 Å². The van der Waals surface area contributed by atoms with Gasteiger partial charge in [0.1, 0.15) is 6.61 Å². The molecule has 5 heteroatoms. The number of terminal acetylenes is 1. The number of ether oxygens (including phenoxy) is 1. The number of hydrogen-bond acceptors (Lipinski definition) is 5. The van der Waals surface area contributed by atoms with E-state index in [1.165, 1.54) is 0 Å². The van der Waals surface area contributed by atoms with Crippen molar-refractivity contribution in [2.75, 3.05) is 18.5 Å². The maximum absolute atomic E-state index is 8.72. The van der Waals surface area contributed by atoms with E-state index in [9.17, 15) is 0 Å². The minimum atomic E-state index is -0.0594. The van der Waals surface area contributed by atoms with E-state index in [2.05, 4.69) is 21.2 Å². The molecule has 1 aromatic heterocycles. The predicted octanol–water partition coefficient (Wildman–Crippen LogP) is 1.88. The molecule has 0 aliphatic carbocycles. The molecule has 2 rings (SSSR count). The highest BCUT2D eigenvalue weighted by Gasteiger charge is 2.02. The number of nitrogens with zero attached hydrogens (tertiary/aromatic N) is 2. The summed E-state index contributed by atoms with van der Waals surface area (Å²) in [5, 5.41) is 11.8. The Kier molecular flexibility index (Phi) is 4.53. The van der Waals surface area contributed by atoms with Crippen molar-refractivity contribution in [3.05, 3.63) is 41.6 Å². The number of anilines is 2. The Hall–Kier alpha value is -2.58. The fourth-order valence-electron chi connectivity index (χ4n) is 1.70. The van der Waals surface area contributed by atoms with Gasteiger partial charge in [-0.05, 0) is 30.7 Å². The quantitative estimate of drug-likeness (QED) is 0.811. The summed E-state index contributed by atoms with van der Waals surface area (Å²) in [5.41, 5.74) is 2.66. The third kappa shape index (κ3) is 3.70. The molecule has 1 aromatic carbocycles. The lowest BCUT2D eigenvalue weighted by atomic mass is 10.1. The summed E-state index contributed by atoms with van der Waals surface area (Å²) in [6.07, 6.45) is 6.99. The Morgan fingerprint density at radius 2 is 2.25 bits per heavy atom. The van der Waals surface area contributed by atoms with Gasteiger partial charge in [0.25, 0.3) is 0 Å². The molecule has 2 aromatic rings. The number of aromatic nitrogens is 2. The van der Waals surface area contributed by atoms with Crippen LogP contribution in [0.5, 0.6) is 5.88 Å². The van der Waals surface area contributed by atoms with Gasteiger partial charge in [0.05, 0.1) is 6.61 Å². The van der Waals surface area contributed by atoms with Crippen molar-refractivity contribution in [2.45, 2.75) is 6.92 Å². The number of hydrogen-bond donors (Lipinski definition) is 2. The highest BCUT2D eigenvalue weighted by atomic mass is 16.5. The molecule has 102 valence electrons. The fraction of sp³-hybridized carbons (Fsp3) is 0.200. The summed E-state index contributed by atoms with van der Waals surface area (Å²) in [4.78, 5) is 8.30. The Morgan fingerprint density at radius 3 is 3.00 bits per heavy atom. The lowest BCUT2D eigenvalue weighted by Crippen LogP contribution is -2.05. The summed E-state index contributed by atoms with van der Waals surface area (Å²) in [7, 11) is 0. The number of aliphatic hydroxyl groups is 1. The molecule has 0 atom stereocenters. The average Bonchev–Trinajstić information content (AvgIpc) is 2.45. The molecule has 5 nitrogen and oxygen atoms in total. The molecule has 0 bridgehead atoms. The Labute approximate surface area is 117 Å². The van der Waals surface area contributed by atoms with Crippen LogP contribution in [0, 0.1) is 19.3 Å². The zero-order valence-corrected chi connectivity index (χ0v) is 11.1. The third-order valence-corrected chi connectivity index (χ3v) is 2.47. The van der Waals surface area contributed by atoms with Gasteiger partial charge < -0.3 is 15.2 Å². The second kappa shape index (κ2) is 6.55. The van der Waals surface area contributed by atoms with Crippen LogP contribution in [0.3, 0.4) is 0 Å². The fourth-order valence-corrected chi connectivity index (χ4v) is 1.70. The van der Waals surface area contributed by atoms with Crippen molar-refractivity contribution in [1.29, 1.82) is 0 Å². The Morgan fingerprint density at radius 1 is 1.40 bits per heavy atom. The molecule has 20 heavy (non-hydrogen) atoms. The monoisotopic (exact) mass is 269 g/mol. The van der Waals surface area contributed by atoms with E-state index in [1.54, 1.807) is 12.3 Å². The zero-order valence-electron chi connectivity index (χ0n) is 11.1. The zero-order chi connectivity index (χ0) is 14.4. The van der Waals surface area contributed by atoms with Gasteiger partial charge in [0, 0.05) is 23.5 Å². The average molecular weight is 269 g/mol. The molecule has 2 N–H and O–H groups in total. The van der Waals surface area contributed by atoms with Crippen LogP contribution in [0.1, 0.15) is 11.1 Å². The smallest absolute Gasteiger partial charge is 0.230 e. The van der Waals surface area contributed by atoms with Gasteiger partial charge in [0.2, 0.25) is 11.8 Å². The van der Waals surface area contributed by atoms with Gasteiger partial charge in [0.15, 0.2) is 0 Å². The summed E-state index contributed by atoms with van der Waals surface area (Å²) in [6.45, 7) is 2.10. The molecule has 0 fully saturated rings. The second-order valence-corrected chi connectivity index (χ2v) is 4.15. The molecule has 0 unspecified atom stereocenters. The molecule has 0 spiro atoms. The van der Waals surface area contributed by atoms with Crippen LogP contribution < -0.4 is 10.1 Å². The maximum Gasteiger partial charge on any atom is 0.230 e. The standard InChI is InChI=1S/C15H15N3O2/c1-3-12-8-11(2)9-13(10-12)17-15-16-5-4-14(18-15)20-7-6-19/h1,4-5,8-10,19H,6-7H2,2H3,(H,16,17,18). The van der Waals surface area contributed by atoms with Gasteiger partial charge in [-0.3, -0.25) is 0 Å². The lowest BCUT2D eigenvalue weighted by Gasteiger charge is -2.08. The summed E-state index contributed by atoms with van der Waals surface area (Å²) >= 11 is 0. The predicted molar refractivity (Wildman–Crippen MR) is 77.0 cm³/mol. The first kappa shape index (κ1) is 13.8. The summed E-state index contributed by atoms with van der Waals surface area (Å²) in [5.74, 6) is 3.42. The van der Waals surface area contributed by atoms with E-state index in [-0.39, 0.29) is 13.2 Å². The van der Waals surface area contributed by atoms with Crippen molar-refractivity contribution < 1.29 is 9.84 Å². The third-order valence-electron chi connectivity index (χ3n) is 2.47. The van der Waals surface area contributed by atoms with E-state index < -0.39 is 0 Å². The minimum Gasteiger partial charge on any atom is -0.475 e. The SMILES string of the molecule is C#Cc1cc(C)cc(Nc2nccc(OCCO)n2)c1. The topological polar surface area (TPSA) is 67.3 Å². The second-order valence-electron chi connectivity index (χ2n) is 4.15. The van der Waals surface area contributed by atoms with Crippen molar-refractivity contribution in [3.63, 3.8) is 0 Å². The van der Waals surface area contributed by atoms with E-state index in [1.807, 2.05) is 25.1 Å². The van der Waals surface area contributed by atoms with Crippen LogP contribution in [0.25, 0.3) is 0 Å². The number of nitrogens with one attached hydrogen (secondary N) is 1. The summed E-state index contributed by atoms with van der Waals surface area (Å²) in [6, 6.07) is 7.35. The van der Waals surface area contributed by atoms with Crippen LogP contribution in [0.2, 0.25) is 0 Å². The van der Waals surface area contributed by atoms with E-state index >= 15 is 0 Å². The number of benzene rings is 1. The van der Waals surface area contributed by atoms with Gasteiger partial charge >= 0.3 is 0 Å². The van der Waals surface area contributed by atoms with Gasteiger partial charge in [-0.2, -0.15) is 4.98 Å². The first-order valence-electron chi connectivity index (χ1n) is 6.13. The number of aliphatic hydroxyl groups excluding tert-OH is 1. The molecule has 0 amide bonds. The normalized spacial score (nSPS) is 9.85. The molecule has 0 radical (unpaired) electrons. The van der Waals surface area contributed by atoms with Crippen molar-refractivity contribution >= 4 is 11.6 Å². The summed E-state index contributed by atoms with van der Waals surface area (Å²) < 4.78 is 5.23. The minimum absolute atomic E-state index is 0.0594. The molecule has 0 saturated heterocycles. The Balaban J connectivity index is 2.17. The molecular formula is C15H15N3O2.